The lowest BCUT2D eigenvalue weighted by Crippen LogP contribution is -2.21. The fourth-order valence-electron chi connectivity index (χ4n) is 1.92. The minimum atomic E-state index is 0.249. The maximum atomic E-state index is 11.4. The average Bonchev–Trinajstić information content (AvgIpc) is 2.29. The van der Waals surface area contributed by atoms with Crippen LogP contribution in [-0.4, -0.2) is 12.8 Å². The maximum Gasteiger partial charge on any atom is 0.157 e. The molecular formula is C13H14INO. The Morgan fingerprint density at radius 1 is 1.25 bits per heavy atom. The molecule has 0 saturated carbocycles. The zero-order valence-corrected chi connectivity index (χ0v) is 11.4. The normalized spacial score (nSPS) is 15.9. The third-order valence-corrected chi connectivity index (χ3v) is 3.74. The molecule has 84 valence electrons. The van der Waals surface area contributed by atoms with Gasteiger partial charge in [-0.2, -0.15) is 0 Å². The highest BCUT2D eigenvalue weighted by Gasteiger charge is 2.15. The second kappa shape index (κ2) is 4.99. The van der Waals surface area contributed by atoms with Crippen LogP contribution in [0.2, 0.25) is 0 Å². The molecule has 0 aromatic heterocycles. The molecule has 0 heterocycles. The third-order valence-electron chi connectivity index (χ3n) is 2.83. The highest BCUT2D eigenvalue weighted by molar-refractivity contribution is 14.1. The Hall–Kier alpha value is -0.840. The molecule has 1 aromatic rings. The van der Waals surface area contributed by atoms with Crippen LogP contribution in [0.25, 0.3) is 0 Å². The van der Waals surface area contributed by atoms with Crippen LogP contribution in [0.3, 0.4) is 0 Å². The van der Waals surface area contributed by atoms with Crippen molar-refractivity contribution in [2.75, 3.05) is 11.9 Å². The van der Waals surface area contributed by atoms with Crippen molar-refractivity contribution in [2.45, 2.75) is 19.3 Å². The zero-order valence-electron chi connectivity index (χ0n) is 9.24. The van der Waals surface area contributed by atoms with Gasteiger partial charge in [-0.1, -0.05) is 12.1 Å². The van der Waals surface area contributed by atoms with Crippen LogP contribution < -0.4 is 4.90 Å². The van der Waals surface area contributed by atoms with Gasteiger partial charge in [0.05, 0.1) is 5.69 Å². The number of carbonyl (C=O) groups is 1. The molecule has 2 nitrogen and oxygen atoms in total. The predicted octanol–water partition coefficient (Wildman–Crippen LogP) is 3.36. The van der Waals surface area contributed by atoms with Crippen molar-refractivity contribution in [1.29, 1.82) is 0 Å². The molecule has 0 amide bonds. The Morgan fingerprint density at radius 3 is 2.69 bits per heavy atom. The number of benzene rings is 1. The molecule has 1 aromatic carbocycles. The number of nitrogens with zero attached hydrogens (tertiary/aromatic N) is 1. The Bertz CT molecular complexity index is 439. The lowest BCUT2D eigenvalue weighted by atomic mass is 10.0. The van der Waals surface area contributed by atoms with Crippen LogP contribution in [0, 0.1) is 3.57 Å². The summed E-state index contributed by atoms with van der Waals surface area (Å²) in [5, 5.41) is 0. The van der Waals surface area contributed by atoms with Gasteiger partial charge in [0, 0.05) is 28.8 Å². The van der Waals surface area contributed by atoms with Crippen molar-refractivity contribution < 1.29 is 4.79 Å². The van der Waals surface area contributed by atoms with Crippen molar-refractivity contribution >= 4 is 34.1 Å². The van der Waals surface area contributed by atoms with Gasteiger partial charge < -0.3 is 4.90 Å². The first-order chi connectivity index (χ1) is 7.68. The fraction of sp³-hybridized carbons (Fsp3) is 0.308. The summed E-state index contributed by atoms with van der Waals surface area (Å²) in [6, 6.07) is 8.22. The average molecular weight is 327 g/mol. The van der Waals surface area contributed by atoms with Gasteiger partial charge in [0.25, 0.3) is 0 Å². The SMILES string of the molecule is CN(C1=CC(=O)CCC1)c1ccccc1I. The molecule has 0 aliphatic heterocycles. The highest BCUT2D eigenvalue weighted by atomic mass is 127. The maximum absolute atomic E-state index is 11.4. The summed E-state index contributed by atoms with van der Waals surface area (Å²) >= 11 is 2.32. The van der Waals surface area contributed by atoms with E-state index in [2.05, 4.69) is 39.6 Å². The van der Waals surface area contributed by atoms with E-state index in [0.29, 0.717) is 6.42 Å². The van der Waals surface area contributed by atoms with Crippen molar-refractivity contribution in [3.63, 3.8) is 0 Å². The molecule has 0 spiro atoms. The van der Waals surface area contributed by atoms with E-state index < -0.39 is 0 Å². The van der Waals surface area contributed by atoms with E-state index >= 15 is 0 Å². The number of rotatable bonds is 2. The molecule has 3 heteroatoms. The Kier molecular flexibility index (Phi) is 3.63. The molecule has 16 heavy (non-hydrogen) atoms. The molecule has 0 unspecified atom stereocenters. The number of hydrogen-bond acceptors (Lipinski definition) is 2. The van der Waals surface area contributed by atoms with E-state index in [9.17, 15) is 4.79 Å². The molecule has 1 aliphatic carbocycles. The summed E-state index contributed by atoms with van der Waals surface area (Å²) < 4.78 is 1.21. The molecule has 1 aliphatic rings. The molecule has 0 bridgehead atoms. The fourth-order valence-corrected chi connectivity index (χ4v) is 2.67. The summed E-state index contributed by atoms with van der Waals surface area (Å²) in [6.07, 6.45) is 4.45. The van der Waals surface area contributed by atoms with Crippen LogP contribution in [-0.2, 0) is 4.79 Å². The number of para-hydroxylation sites is 1. The van der Waals surface area contributed by atoms with Crippen LogP contribution in [0.4, 0.5) is 5.69 Å². The summed E-state index contributed by atoms with van der Waals surface area (Å²) in [7, 11) is 2.03. The van der Waals surface area contributed by atoms with Gasteiger partial charge >= 0.3 is 0 Å². The second-order valence-corrected chi connectivity index (χ2v) is 5.13. The van der Waals surface area contributed by atoms with Gasteiger partial charge in [-0.3, -0.25) is 4.79 Å². The van der Waals surface area contributed by atoms with Gasteiger partial charge in [-0.15, -0.1) is 0 Å². The smallest absolute Gasteiger partial charge is 0.157 e. The Balaban J connectivity index is 2.28. The number of allylic oxidation sites excluding steroid dienone is 2. The monoisotopic (exact) mass is 327 g/mol. The number of carbonyl (C=O) groups excluding carboxylic acids is 1. The minimum Gasteiger partial charge on any atom is -0.347 e. The van der Waals surface area contributed by atoms with Crippen LogP contribution in [0.15, 0.2) is 36.0 Å². The lowest BCUT2D eigenvalue weighted by Gasteiger charge is -2.25. The molecular weight excluding hydrogens is 313 g/mol. The van der Waals surface area contributed by atoms with Gasteiger partial charge in [-0.05, 0) is 47.6 Å². The van der Waals surface area contributed by atoms with E-state index in [1.807, 2.05) is 19.2 Å². The molecule has 0 fully saturated rings. The van der Waals surface area contributed by atoms with Gasteiger partial charge in [0.1, 0.15) is 0 Å². The van der Waals surface area contributed by atoms with Crippen LogP contribution in [0.1, 0.15) is 19.3 Å². The standard InChI is InChI=1S/C13H14INO/c1-15(10-5-4-6-11(16)9-10)13-8-3-2-7-12(13)14/h2-3,7-9H,4-6H2,1H3. The summed E-state index contributed by atoms with van der Waals surface area (Å²) in [5.41, 5.74) is 2.30. The first-order valence-electron chi connectivity index (χ1n) is 5.40. The Labute approximate surface area is 109 Å². The lowest BCUT2D eigenvalue weighted by molar-refractivity contribution is -0.115. The molecule has 0 atom stereocenters. The van der Waals surface area contributed by atoms with Crippen molar-refractivity contribution in [1.82, 2.24) is 0 Å². The molecule has 0 saturated heterocycles. The first kappa shape index (κ1) is 11.6. The van der Waals surface area contributed by atoms with Gasteiger partial charge in [0.2, 0.25) is 0 Å². The second-order valence-electron chi connectivity index (χ2n) is 3.97. The summed E-state index contributed by atoms with van der Waals surface area (Å²) in [6.45, 7) is 0. The number of halogens is 1. The van der Waals surface area contributed by atoms with E-state index in [0.717, 1.165) is 18.5 Å². The van der Waals surface area contributed by atoms with Crippen molar-refractivity contribution in [2.24, 2.45) is 0 Å². The third kappa shape index (κ3) is 2.45. The summed E-state index contributed by atoms with van der Waals surface area (Å²) in [5.74, 6) is 0.249. The van der Waals surface area contributed by atoms with Crippen molar-refractivity contribution in [3.05, 3.63) is 39.6 Å². The van der Waals surface area contributed by atoms with Crippen LogP contribution in [0.5, 0.6) is 0 Å². The largest absolute Gasteiger partial charge is 0.347 e. The molecule has 0 N–H and O–H groups in total. The van der Waals surface area contributed by atoms with Gasteiger partial charge in [0.15, 0.2) is 5.78 Å². The van der Waals surface area contributed by atoms with Crippen LogP contribution >= 0.6 is 22.6 Å². The summed E-state index contributed by atoms with van der Waals surface area (Å²) in [4.78, 5) is 13.5. The number of anilines is 1. The van der Waals surface area contributed by atoms with E-state index in [1.54, 1.807) is 6.08 Å². The Morgan fingerprint density at radius 2 is 2.00 bits per heavy atom. The van der Waals surface area contributed by atoms with Crippen molar-refractivity contribution in [3.8, 4) is 0 Å². The molecule has 0 radical (unpaired) electrons. The quantitative estimate of drug-likeness (QED) is 0.777. The topological polar surface area (TPSA) is 20.3 Å². The number of ketones is 1. The highest BCUT2D eigenvalue weighted by Crippen LogP contribution is 2.27. The van der Waals surface area contributed by atoms with Gasteiger partial charge in [-0.25, -0.2) is 0 Å². The van der Waals surface area contributed by atoms with E-state index in [1.165, 1.54) is 9.26 Å². The minimum absolute atomic E-state index is 0.249. The van der Waals surface area contributed by atoms with E-state index in [-0.39, 0.29) is 5.78 Å². The number of hydrogen-bond donors (Lipinski definition) is 0. The first-order valence-corrected chi connectivity index (χ1v) is 6.48. The predicted molar refractivity (Wildman–Crippen MR) is 74.5 cm³/mol. The van der Waals surface area contributed by atoms with E-state index in [4.69, 9.17) is 0 Å². The molecule has 2 rings (SSSR count). The zero-order chi connectivity index (χ0) is 11.5.